The lowest BCUT2D eigenvalue weighted by Gasteiger charge is -2.25. The van der Waals surface area contributed by atoms with Crippen LogP contribution in [0.2, 0.25) is 0 Å². The van der Waals surface area contributed by atoms with Crippen LogP contribution in [-0.4, -0.2) is 26.0 Å². The first-order valence-electron chi connectivity index (χ1n) is 8.00. The average Bonchev–Trinajstić information content (AvgIpc) is 2.88. The third kappa shape index (κ3) is 3.68. The maximum absolute atomic E-state index is 12.9. The lowest BCUT2D eigenvalue weighted by atomic mass is 9.86. The molecule has 0 bridgehead atoms. The highest BCUT2D eigenvalue weighted by Crippen LogP contribution is 2.28. The Hall–Kier alpha value is -1.31. The van der Waals surface area contributed by atoms with Crippen molar-refractivity contribution in [2.75, 3.05) is 13.7 Å². The highest BCUT2D eigenvalue weighted by atomic mass is 79.9. The van der Waals surface area contributed by atoms with E-state index in [1.807, 2.05) is 7.05 Å². The zero-order valence-electron chi connectivity index (χ0n) is 13.5. The lowest BCUT2D eigenvalue weighted by molar-refractivity contribution is 0.180. The van der Waals surface area contributed by atoms with E-state index in [-0.39, 0.29) is 4.90 Å². The Labute approximate surface area is 151 Å². The van der Waals surface area contributed by atoms with E-state index in [9.17, 15) is 8.42 Å². The summed E-state index contributed by atoms with van der Waals surface area (Å²) in [6.07, 6.45) is 5.28. The Balaban J connectivity index is 1.83. The minimum absolute atomic E-state index is 0.223. The smallest absolute Gasteiger partial charge is 0.268 e. The van der Waals surface area contributed by atoms with E-state index >= 15 is 0 Å². The number of hydrogen-bond acceptors (Lipinski definition) is 4. The SMILES string of the molecule is CNCc1cc(Br)n(S(=O)(=O)c2cccc(OCC3CCC3)c2)c1. The fourth-order valence-electron chi connectivity index (χ4n) is 2.66. The molecule has 1 heterocycles. The van der Waals surface area contributed by atoms with Crippen LogP contribution >= 0.6 is 15.9 Å². The zero-order chi connectivity index (χ0) is 17.2. The molecule has 0 atom stereocenters. The molecule has 1 aromatic carbocycles. The van der Waals surface area contributed by atoms with E-state index in [0.717, 1.165) is 5.56 Å². The summed E-state index contributed by atoms with van der Waals surface area (Å²) in [4.78, 5) is 0.223. The van der Waals surface area contributed by atoms with Crippen LogP contribution in [0.1, 0.15) is 24.8 Å². The van der Waals surface area contributed by atoms with Gasteiger partial charge in [0.2, 0.25) is 0 Å². The van der Waals surface area contributed by atoms with E-state index in [2.05, 4.69) is 21.2 Å². The molecular formula is C17H21BrN2O3S. The molecule has 1 fully saturated rings. The predicted molar refractivity (Wildman–Crippen MR) is 96.8 cm³/mol. The summed E-state index contributed by atoms with van der Waals surface area (Å²) in [6.45, 7) is 1.26. The van der Waals surface area contributed by atoms with Gasteiger partial charge in [-0.3, -0.25) is 0 Å². The van der Waals surface area contributed by atoms with Gasteiger partial charge in [0.05, 0.1) is 11.5 Å². The molecule has 0 saturated heterocycles. The van der Waals surface area contributed by atoms with Crippen LogP contribution in [0, 0.1) is 5.92 Å². The second-order valence-corrected chi connectivity index (χ2v) is 8.71. The Morgan fingerprint density at radius 1 is 1.33 bits per heavy atom. The fraction of sp³-hybridized carbons (Fsp3) is 0.412. The maximum atomic E-state index is 12.9. The van der Waals surface area contributed by atoms with Crippen LogP contribution in [0.25, 0.3) is 0 Å². The number of rotatable bonds is 7. The summed E-state index contributed by atoms with van der Waals surface area (Å²) in [5.74, 6) is 1.20. The molecule has 5 nitrogen and oxygen atoms in total. The molecule has 2 aromatic rings. The molecule has 0 radical (unpaired) electrons. The second-order valence-electron chi connectivity index (χ2n) is 6.09. The molecule has 1 aromatic heterocycles. The van der Waals surface area contributed by atoms with Crippen LogP contribution in [0.3, 0.4) is 0 Å². The van der Waals surface area contributed by atoms with Crippen LogP contribution in [-0.2, 0) is 16.6 Å². The first kappa shape index (κ1) is 17.5. The molecule has 1 aliphatic carbocycles. The second kappa shape index (κ2) is 7.29. The minimum Gasteiger partial charge on any atom is -0.493 e. The molecule has 0 aliphatic heterocycles. The third-order valence-corrected chi connectivity index (χ3v) is 6.77. The molecule has 0 amide bonds. The number of benzene rings is 1. The summed E-state index contributed by atoms with van der Waals surface area (Å²) in [6, 6.07) is 8.50. The van der Waals surface area contributed by atoms with E-state index in [0.29, 0.717) is 29.4 Å². The van der Waals surface area contributed by atoms with E-state index in [4.69, 9.17) is 4.74 Å². The number of aromatic nitrogens is 1. The normalized spacial score (nSPS) is 15.2. The van der Waals surface area contributed by atoms with Gasteiger partial charge in [-0.1, -0.05) is 12.5 Å². The van der Waals surface area contributed by atoms with E-state index < -0.39 is 10.0 Å². The highest BCUT2D eigenvalue weighted by molar-refractivity contribution is 9.10. The fourth-order valence-corrected chi connectivity index (χ4v) is 4.93. The Kier molecular flexibility index (Phi) is 5.32. The van der Waals surface area contributed by atoms with Crippen LogP contribution in [0.4, 0.5) is 0 Å². The summed E-state index contributed by atoms with van der Waals surface area (Å²) in [5, 5.41) is 3.01. The van der Waals surface area contributed by atoms with Crippen LogP contribution in [0.5, 0.6) is 5.75 Å². The molecule has 3 rings (SSSR count). The van der Waals surface area contributed by atoms with Gasteiger partial charge in [0.25, 0.3) is 10.0 Å². The largest absolute Gasteiger partial charge is 0.493 e. The standard InChI is InChI=1S/C17H21BrN2O3S/c1-19-10-14-8-17(18)20(11-14)24(21,22)16-7-3-6-15(9-16)23-12-13-4-2-5-13/h3,6-9,11,13,19H,2,4-5,10,12H2,1H3. The molecule has 0 unspecified atom stereocenters. The maximum Gasteiger partial charge on any atom is 0.268 e. The first-order valence-corrected chi connectivity index (χ1v) is 10.2. The molecule has 1 N–H and O–H groups in total. The lowest BCUT2D eigenvalue weighted by Crippen LogP contribution is -2.19. The summed E-state index contributed by atoms with van der Waals surface area (Å²) in [7, 11) is -1.84. The molecule has 24 heavy (non-hydrogen) atoms. The molecule has 130 valence electrons. The Morgan fingerprint density at radius 2 is 2.12 bits per heavy atom. The van der Waals surface area contributed by atoms with Crippen molar-refractivity contribution in [1.82, 2.24) is 9.29 Å². The van der Waals surface area contributed by atoms with Crippen molar-refractivity contribution in [2.24, 2.45) is 5.92 Å². The quantitative estimate of drug-likeness (QED) is 0.756. The van der Waals surface area contributed by atoms with Crippen molar-refractivity contribution in [1.29, 1.82) is 0 Å². The Morgan fingerprint density at radius 3 is 2.79 bits per heavy atom. The van der Waals surface area contributed by atoms with Crippen molar-refractivity contribution in [3.05, 3.63) is 46.7 Å². The van der Waals surface area contributed by atoms with Gasteiger partial charge < -0.3 is 10.1 Å². The van der Waals surface area contributed by atoms with Crippen molar-refractivity contribution in [3.63, 3.8) is 0 Å². The summed E-state index contributed by atoms with van der Waals surface area (Å²) >= 11 is 3.33. The van der Waals surface area contributed by atoms with Crippen molar-refractivity contribution >= 4 is 26.0 Å². The van der Waals surface area contributed by atoms with Gasteiger partial charge in [-0.25, -0.2) is 12.4 Å². The predicted octanol–water partition coefficient (Wildman–Crippen LogP) is 3.39. The number of ether oxygens (including phenoxy) is 1. The van der Waals surface area contributed by atoms with Gasteiger partial charge in [-0.05, 0) is 65.5 Å². The van der Waals surface area contributed by atoms with Crippen molar-refractivity contribution < 1.29 is 13.2 Å². The number of nitrogens with one attached hydrogen (secondary N) is 1. The van der Waals surface area contributed by atoms with Gasteiger partial charge in [0, 0.05) is 18.8 Å². The van der Waals surface area contributed by atoms with Gasteiger partial charge in [0.15, 0.2) is 0 Å². The molecular weight excluding hydrogens is 392 g/mol. The van der Waals surface area contributed by atoms with Crippen LogP contribution < -0.4 is 10.1 Å². The summed E-state index contributed by atoms with van der Waals surface area (Å²) < 4.78 is 33.3. The van der Waals surface area contributed by atoms with Gasteiger partial charge >= 0.3 is 0 Å². The Bertz CT molecular complexity index is 813. The van der Waals surface area contributed by atoms with E-state index in [1.165, 1.54) is 23.2 Å². The number of nitrogens with zero attached hydrogens (tertiary/aromatic N) is 1. The van der Waals surface area contributed by atoms with Crippen molar-refractivity contribution in [2.45, 2.75) is 30.7 Å². The molecule has 0 spiro atoms. The first-order chi connectivity index (χ1) is 11.5. The monoisotopic (exact) mass is 412 g/mol. The summed E-state index contributed by atoms with van der Waals surface area (Å²) in [5.41, 5.74) is 0.894. The van der Waals surface area contributed by atoms with Gasteiger partial charge in [0.1, 0.15) is 10.4 Å². The minimum atomic E-state index is -3.66. The highest BCUT2D eigenvalue weighted by Gasteiger charge is 2.21. The topological polar surface area (TPSA) is 60.3 Å². The number of hydrogen-bond donors (Lipinski definition) is 1. The molecule has 1 aliphatic rings. The van der Waals surface area contributed by atoms with Gasteiger partial charge in [-0.2, -0.15) is 0 Å². The zero-order valence-corrected chi connectivity index (χ0v) is 15.9. The van der Waals surface area contributed by atoms with Crippen LogP contribution in [0.15, 0.2) is 46.0 Å². The van der Waals surface area contributed by atoms with E-state index in [1.54, 1.807) is 36.5 Å². The van der Waals surface area contributed by atoms with Crippen molar-refractivity contribution in [3.8, 4) is 5.75 Å². The number of halogens is 1. The molecule has 7 heteroatoms. The van der Waals surface area contributed by atoms with Gasteiger partial charge in [-0.15, -0.1) is 0 Å². The molecule has 1 saturated carbocycles. The average molecular weight is 413 g/mol. The third-order valence-electron chi connectivity index (χ3n) is 4.25.